The van der Waals surface area contributed by atoms with Crippen LogP contribution in [0.5, 0.6) is 5.75 Å². The molecule has 138 valence electrons. The van der Waals surface area contributed by atoms with Crippen LogP contribution in [0.4, 0.5) is 5.69 Å². The summed E-state index contributed by atoms with van der Waals surface area (Å²) in [5.41, 5.74) is 2.62. The van der Waals surface area contributed by atoms with Crippen LogP contribution >= 0.6 is 11.6 Å². The van der Waals surface area contributed by atoms with Crippen molar-refractivity contribution in [3.63, 3.8) is 0 Å². The second-order valence-corrected chi connectivity index (χ2v) is 7.23. The number of hydrazine groups is 1. The first-order chi connectivity index (χ1) is 12.2. The highest BCUT2D eigenvalue weighted by atomic mass is 35.5. The number of hydrogen-bond donors (Lipinski definition) is 3. The molecule has 0 aliphatic rings. The lowest BCUT2D eigenvalue weighted by molar-refractivity contribution is -0.114. The summed E-state index contributed by atoms with van der Waals surface area (Å²) in [6.07, 6.45) is 0. The highest BCUT2D eigenvalue weighted by Gasteiger charge is 2.18. The molecular weight excluding hydrogens is 382 g/mol. The number of ether oxygens (including phenoxy) is 1. The number of anilines is 1. The third kappa shape index (κ3) is 4.94. The van der Waals surface area contributed by atoms with Crippen LogP contribution in [0.25, 0.3) is 0 Å². The molecule has 0 saturated carbocycles. The van der Waals surface area contributed by atoms with E-state index in [0.717, 1.165) is 0 Å². The molecule has 2 aromatic rings. The predicted molar refractivity (Wildman–Crippen MR) is 96.5 cm³/mol. The first-order valence-electron chi connectivity index (χ1n) is 7.26. The maximum absolute atomic E-state index is 12.3. The van der Waals surface area contributed by atoms with Crippen molar-refractivity contribution < 1.29 is 22.7 Å². The fourth-order valence-electron chi connectivity index (χ4n) is 2.02. The minimum atomic E-state index is -4.01. The molecule has 0 spiro atoms. The third-order valence-electron chi connectivity index (χ3n) is 3.19. The number of sulfonamides is 1. The lowest BCUT2D eigenvalue weighted by atomic mass is 10.2. The topological polar surface area (TPSA) is 114 Å². The fourth-order valence-corrected chi connectivity index (χ4v) is 3.03. The van der Waals surface area contributed by atoms with Crippen molar-refractivity contribution >= 4 is 39.1 Å². The van der Waals surface area contributed by atoms with Gasteiger partial charge in [0.05, 0.1) is 17.6 Å². The van der Waals surface area contributed by atoms with Gasteiger partial charge in [0.25, 0.3) is 15.9 Å². The smallest absolute Gasteiger partial charge is 0.270 e. The van der Waals surface area contributed by atoms with Crippen LogP contribution in [0.2, 0.25) is 5.02 Å². The van der Waals surface area contributed by atoms with Gasteiger partial charge in [-0.1, -0.05) is 11.6 Å². The number of methoxy groups -OCH3 is 1. The number of rotatable bonds is 6. The van der Waals surface area contributed by atoms with Gasteiger partial charge in [-0.05, 0) is 42.5 Å². The zero-order valence-electron chi connectivity index (χ0n) is 13.9. The summed E-state index contributed by atoms with van der Waals surface area (Å²) in [5, 5.41) is 2.82. The Balaban J connectivity index is 2.11. The van der Waals surface area contributed by atoms with Crippen LogP contribution < -0.4 is 20.3 Å². The molecule has 0 unspecified atom stereocenters. The maximum atomic E-state index is 12.3. The van der Waals surface area contributed by atoms with Gasteiger partial charge in [-0.25, -0.2) is 8.42 Å². The molecule has 0 heterocycles. The SMILES string of the molecule is COc1ccc(Cl)cc1C(=O)NNS(=O)(=O)c1ccc(NC(C)=O)cc1. The van der Waals surface area contributed by atoms with E-state index < -0.39 is 15.9 Å². The molecule has 0 radical (unpaired) electrons. The molecule has 2 amide bonds. The lowest BCUT2D eigenvalue weighted by Crippen LogP contribution is -2.41. The second kappa shape index (κ2) is 8.17. The first kappa shape index (κ1) is 19.7. The summed E-state index contributed by atoms with van der Waals surface area (Å²) in [7, 11) is -2.63. The maximum Gasteiger partial charge on any atom is 0.270 e. The van der Waals surface area contributed by atoms with Crippen LogP contribution in [0.1, 0.15) is 17.3 Å². The Labute approximate surface area is 155 Å². The Morgan fingerprint density at radius 1 is 1.08 bits per heavy atom. The Bertz CT molecular complexity index is 929. The molecule has 0 bridgehead atoms. The number of benzene rings is 2. The van der Waals surface area contributed by atoms with Crippen LogP contribution in [0.15, 0.2) is 47.4 Å². The number of halogens is 1. The van der Waals surface area contributed by atoms with Crippen molar-refractivity contribution in [1.29, 1.82) is 0 Å². The van der Waals surface area contributed by atoms with Crippen LogP contribution in [-0.4, -0.2) is 27.3 Å². The normalized spacial score (nSPS) is 10.9. The second-order valence-electron chi connectivity index (χ2n) is 5.11. The minimum Gasteiger partial charge on any atom is -0.496 e. The molecule has 26 heavy (non-hydrogen) atoms. The predicted octanol–water partition coefficient (Wildman–Crippen LogP) is 1.93. The van der Waals surface area contributed by atoms with E-state index in [9.17, 15) is 18.0 Å². The van der Waals surface area contributed by atoms with Crippen molar-refractivity contribution in [1.82, 2.24) is 10.3 Å². The Morgan fingerprint density at radius 2 is 1.73 bits per heavy atom. The van der Waals surface area contributed by atoms with E-state index in [0.29, 0.717) is 10.7 Å². The van der Waals surface area contributed by atoms with Gasteiger partial charge >= 0.3 is 0 Å². The van der Waals surface area contributed by atoms with Crippen molar-refractivity contribution in [2.75, 3.05) is 12.4 Å². The molecule has 10 heteroatoms. The average molecular weight is 398 g/mol. The van der Waals surface area contributed by atoms with Gasteiger partial charge in [-0.2, -0.15) is 0 Å². The molecule has 3 N–H and O–H groups in total. The highest BCUT2D eigenvalue weighted by molar-refractivity contribution is 7.89. The van der Waals surface area contributed by atoms with Crippen LogP contribution in [0.3, 0.4) is 0 Å². The van der Waals surface area contributed by atoms with Gasteiger partial charge in [-0.15, -0.1) is 4.83 Å². The monoisotopic (exact) mass is 397 g/mol. The van der Waals surface area contributed by atoms with E-state index in [-0.39, 0.29) is 22.1 Å². The number of carbonyl (C=O) groups is 2. The van der Waals surface area contributed by atoms with Crippen molar-refractivity contribution in [2.24, 2.45) is 0 Å². The minimum absolute atomic E-state index is 0.0729. The van der Waals surface area contributed by atoms with E-state index in [1.165, 1.54) is 56.5 Å². The number of hydrogen-bond acceptors (Lipinski definition) is 5. The average Bonchev–Trinajstić information content (AvgIpc) is 2.59. The summed E-state index contributed by atoms with van der Waals surface area (Å²) in [5.74, 6) is -0.769. The molecule has 0 aliphatic heterocycles. The Morgan fingerprint density at radius 3 is 2.31 bits per heavy atom. The van der Waals surface area contributed by atoms with Crippen molar-refractivity contribution in [3.05, 3.63) is 53.1 Å². The van der Waals surface area contributed by atoms with Crippen molar-refractivity contribution in [2.45, 2.75) is 11.8 Å². The molecule has 8 nitrogen and oxygen atoms in total. The molecule has 2 aromatic carbocycles. The number of nitrogens with one attached hydrogen (secondary N) is 3. The molecular formula is C16H16ClN3O5S. The van der Waals surface area contributed by atoms with Gasteiger partial charge in [0.1, 0.15) is 5.75 Å². The Kier molecular flexibility index (Phi) is 6.19. The molecule has 0 atom stereocenters. The zero-order valence-corrected chi connectivity index (χ0v) is 15.4. The van der Waals surface area contributed by atoms with Gasteiger partial charge in [0, 0.05) is 17.6 Å². The Hall–Kier alpha value is -2.62. The molecule has 0 saturated heterocycles. The summed E-state index contributed by atoms with van der Waals surface area (Å²) < 4.78 is 29.6. The van der Waals surface area contributed by atoms with E-state index >= 15 is 0 Å². The summed E-state index contributed by atoms with van der Waals surface area (Å²) in [6.45, 7) is 1.34. The van der Waals surface area contributed by atoms with Gasteiger partial charge in [-0.3, -0.25) is 15.0 Å². The largest absolute Gasteiger partial charge is 0.496 e. The quantitative estimate of drug-likeness (QED) is 0.644. The summed E-state index contributed by atoms with van der Waals surface area (Å²) in [6, 6.07) is 9.83. The van der Waals surface area contributed by atoms with E-state index in [2.05, 4.69) is 10.7 Å². The van der Waals surface area contributed by atoms with Crippen LogP contribution in [-0.2, 0) is 14.8 Å². The summed E-state index contributed by atoms with van der Waals surface area (Å²) in [4.78, 5) is 25.1. The van der Waals surface area contributed by atoms with E-state index in [4.69, 9.17) is 16.3 Å². The zero-order chi connectivity index (χ0) is 19.3. The van der Waals surface area contributed by atoms with Gasteiger partial charge in [0.15, 0.2) is 0 Å². The molecule has 0 fully saturated rings. The number of amides is 2. The standard InChI is InChI=1S/C16H16ClN3O5S/c1-10(21)18-12-4-6-13(7-5-12)26(23,24)20-19-16(22)14-9-11(17)3-8-15(14)25-2/h3-9,20H,1-2H3,(H,18,21)(H,19,22). The summed E-state index contributed by atoms with van der Waals surface area (Å²) >= 11 is 5.85. The first-order valence-corrected chi connectivity index (χ1v) is 9.12. The lowest BCUT2D eigenvalue weighted by Gasteiger charge is -2.11. The molecule has 0 aromatic heterocycles. The van der Waals surface area contributed by atoms with E-state index in [1.807, 2.05) is 4.83 Å². The fraction of sp³-hybridized carbons (Fsp3) is 0.125. The molecule has 0 aliphatic carbocycles. The third-order valence-corrected chi connectivity index (χ3v) is 4.69. The highest BCUT2D eigenvalue weighted by Crippen LogP contribution is 2.22. The number of carbonyl (C=O) groups excluding carboxylic acids is 2. The van der Waals surface area contributed by atoms with Gasteiger partial charge < -0.3 is 10.1 Å². The van der Waals surface area contributed by atoms with E-state index in [1.54, 1.807) is 0 Å². The van der Waals surface area contributed by atoms with Gasteiger partial charge in [0.2, 0.25) is 5.91 Å². The van der Waals surface area contributed by atoms with Crippen molar-refractivity contribution in [3.8, 4) is 5.75 Å². The van der Waals surface area contributed by atoms with Crippen LogP contribution in [0, 0.1) is 0 Å². The molecule has 2 rings (SSSR count).